The largest absolute Gasteiger partial charge is 0.373 e. The van der Waals surface area contributed by atoms with Gasteiger partial charge in [0.25, 0.3) is 0 Å². The first-order valence-electron chi connectivity index (χ1n) is 6.65. The summed E-state index contributed by atoms with van der Waals surface area (Å²) in [6.45, 7) is 2.15. The predicted molar refractivity (Wildman–Crippen MR) is 77.3 cm³/mol. The van der Waals surface area contributed by atoms with E-state index in [0.717, 1.165) is 30.7 Å². The third kappa shape index (κ3) is 3.58. The van der Waals surface area contributed by atoms with Crippen LogP contribution in [0.5, 0.6) is 0 Å². The SMILES string of the molecule is CCCCc1nccn1C(O)Cc1ccccc1Cl. The number of aromatic nitrogens is 2. The molecule has 1 unspecified atom stereocenters. The van der Waals surface area contributed by atoms with Crippen molar-refractivity contribution in [1.82, 2.24) is 9.55 Å². The summed E-state index contributed by atoms with van der Waals surface area (Å²) >= 11 is 6.12. The number of aryl methyl sites for hydroxylation is 1. The van der Waals surface area contributed by atoms with Crippen LogP contribution in [-0.2, 0) is 12.8 Å². The lowest BCUT2D eigenvalue weighted by Crippen LogP contribution is -2.14. The van der Waals surface area contributed by atoms with Gasteiger partial charge in [-0.05, 0) is 18.1 Å². The summed E-state index contributed by atoms with van der Waals surface area (Å²) in [5.74, 6) is 0.932. The molecule has 0 saturated carbocycles. The normalized spacial score (nSPS) is 12.6. The number of nitrogens with zero attached hydrogens (tertiary/aromatic N) is 2. The van der Waals surface area contributed by atoms with E-state index in [9.17, 15) is 5.11 Å². The Morgan fingerprint density at radius 1 is 1.37 bits per heavy atom. The van der Waals surface area contributed by atoms with Crippen molar-refractivity contribution < 1.29 is 5.11 Å². The molecule has 4 heteroatoms. The average molecular weight is 279 g/mol. The molecule has 2 aromatic rings. The Morgan fingerprint density at radius 3 is 2.89 bits per heavy atom. The van der Waals surface area contributed by atoms with E-state index >= 15 is 0 Å². The van der Waals surface area contributed by atoms with Gasteiger partial charge >= 0.3 is 0 Å². The van der Waals surface area contributed by atoms with Crippen LogP contribution in [0.3, 0.4) is 0 Å². The summed E-state index contributed by atoms with van der Waals surface area (Å²) < 4.78 is 1.83. The van der Waals surface area contributed by atoms with Crippen LogP contribution < -0.4 is 0 Å². The number of halogens is 1. The fourth-order valence-electron chi connectivity index (χ4n) is 2.10. The molecule has 19 heavy (non-hydrogen) atoms. The van der Waals surface area contributed by atoms with Gasteiger partial charge in [0, 0.05) is 30.3 Å². The first-order chi connectivity index (χ1) is 9.22. The minimum Gasteiger partial charge on any atom is -0.373 e. The third-order valence-electron chi connectivity index (χ3n) is 3.18. The average Bonchev–Trinajstić information content (AvgIpc) is 2.87. The Hall–Kier alpha value is -1.32. The zero-order valence-corrected chi connectivity index (χ0v) is 11.8. The van der Waals surface area contributed by atoms with Crippen molar-refractivity contribution in [2.45, 2.75) is 38.8 Å². The summed E-state index contributed by atoms with van der Waals surface area (Å²) in [6, 6.07) is 7.60. The zero-order chi connectivity index (χ0) is 13.7. The van der Waals surface area contributed by atoms with Crippen molar-refractivity contribution in [1.29, 1.82) is 0 Å². The monoisotopic (exact) mass is 278 g/mol. The molecule has 0 fully saturated rings. The minimum absolute atomic E-state index is 0.495. The highest BCUT2D eigenvalue weighted by Crippen LogP contribution is 2.21. The summed E-state index contributed by atoms with van der Waals surface area (Å²) in [7, 11) is 0. The highest BCUT2D eigenvalue weighted by Gasteiger charge is 2.13. The van der Waals surface area contributed by atoms with Crippen molar-refractivity contribution in [3.8, 4) is 0 Å². The lowest BCUT2D eigenvalue weighted by Gasteiger charge is -2.16. The van der Waals surface area contributed by atoms with E-state index in [0.29, 0.717) is 11.4 Å². The van der Waals surface area contributed by atoms with Crippen LogP contribution in [-0.4, -0.2) is 14.7 Å². The molecule has 0 aliphatic rings. The molecule has 2 rings (SSSR count). The van der Waals surface area contributed by atoms with E-state index in [1.165, 1.54) is 0 Å². The van der Waals surface area contributed by atoms with E-state index in [4.69, 9.17) is 11.6 Å². The van der Waals surface area contributed by atoms with Crippen LogP contribution >= 0.6 is 11.6 Å². The highest BCUT2D eigenvalue weighted by molar-refractivity contribution is 6.31. The van der Waals surface area contributed by atoms with Crippen molar-refractivity contribution in [2.75, 3.05) is 0 Å². The van der Waals surface area contributed by atoms with Gasteiger partial charge < -0.3 is 9.67 Å². The van der Waals surface area contributed by atoms with Gasteiger partial charge in [0.15, 0.2) is 0 Å². The van der Waals surface area contributed by atoms with E-state index in [2.05, 4.69) is 11.9 Å². The summed E-state index contributed by atoms with van der Waals surface area (Å²) in [4.78, 5) is 4.31. The molecular formula is C15H19ClN2O. The number of benzene rings is 1. The van der Waals surface area contributed by atoms with Crippen LogP contribution in [0.15, 0.2) is 36.7 Å². The molecular weight excluding hydrogens is 260 g/mol. The molecule has 1 aromatic heterocycles. The van der Waals surface area contributed by atoms with Crippen LogP contribution in [0, 0.1) is 0 Å². The number of aliphatic hydroxyl groups excluding tert-OH is 1. The van der Waals surface area contributed by atoms with E-state index < -0.39 is 6.23 Å². The molecule has 1 aromatic carbocycles. The fraction of sp³-hybridized carbons (Fsp3) is 0.400. The predicted octanol–water partition coefficient (Wildman–Crippen LogP) is 3.61. The van der Waals surface area contributed by atoms with Crippen LogP contribution in [0.2, 0.25) is 5.02 Å². The Labute approximate surface area is 118 Å². The number of hydrogen-bond donors (Lipinski definition) is 1. The summed E-state index contributed by atoms with van der Waals surface area (Å²) in [6.07, 6.45) is 6.53. The quantitative estimate of drug-likeness (QED) is 0.876. The molecule has 0 spiro atoms. The molecule has 0 saturated heterocycles. The first kappa shape index (κ1) is 14.1. The molecule has 1 N–H and O–H groups in total. The van der Waals surface area contributed by atoms with E-state index in [1.807, 2.05) is 35.0 Å². The van der Waals surface area contributed by atoms with Gasteiger partial charge in [-0.1, -0.05) is 43.1 Å². The zero-order valence-electron chi connectivity index (χ0n) is 11.1. The smallest absolute Gasteiger partial charge is 0.135 e. The second kappa shape index (κ2) is 6.73. The van der Waals surface area contributed by atoms with Gasteiger partial charge in [-0.3, -0.25) is 0 Å². The second-order valence-corrected chi connectivity index (χ2v) is 5.04. The van der Waals surface area contributed by atoms with Gasteiger partial charge in [0.2, 0.25) is 0 Å². The molecule has 0 amide bonds. The molecule has 0 bridgehead atoms. The number of imidazole rings is 1. The van der Waals surface area contributed by atoms with E-state index in [-0.39, 0.29) is 0 Å². The lowest BCUT2D eigenvalue weighted by atomic mass is 10.1. The molecule has 0 aliphatic carbocycles. The van der Waals surface area contributed by atoms with Gasteiger partial charge in [0.1, 0.15) is 12.1 Å². The molecule has 3 nitrogen and oxygen atoms in total. The number of unbranched alkanes of at least 4 members (excludes halogenated alkanes) is 1. The fourth-order valence-corrected chi connectivity index (χ4v) is 2.32. The van der Waals surface area contributed by atoms with Crippen LogP contribution in [0.4, 0.5) is 0 Å². The number of rotatable bonds is 6. The van der Waals surface area contributed by atoms with Crippen molar-refractivity contribution >= 4 is 11.6 Å². The standard InChI is InChI=1S/C15H19ClN2O/c1-2-3-8-14-17-9-10-18(14)15(19)11-12-6-4-5-7-13(12)16/h4-7,9-10,15,19H,2-3,8,11H2,1H3. The molecule has 1 atom stereocenters. The Bertz CT molecular complexity index is 524. The Kier molecular flexibility index (Phi) is 5.00. The van der Waals surface area contributed by atoms with Gasteiger partial charge in [-0.2, -0.15) is 0 Å². The topological polar surface area (TPSA) is 38.0 Å². The van der Waals surface area contributed by atoms with Gasteiger partial charge in [0.05, 0.1) is 0 Å². The summed E-state index contributed by atoms with van der Waals surface area (Å²) in [5.41, 5.74) is 0.951. The van der Waals surface area contributed by atoms with Gasteiger partial charge in [-0.25, -0.2) is 4.98 Å². The molecule has 0 radical (unpaired) electrons. The van der Waals surface area contributed by atoms with Crippen LogP contribution in [0.25, 0.3) is 0 Å². The Morgan fingerprint density at radius 2 is 2.16 bits per heavy atom. The number of hydrogen-bond acceptors (Lipinski definition) is 2. The van der Waals surface area contributed by atoms with Crippen LogP contribution in [0.1, 0.15) is 37.4 Å². The lowest BCUT2D eigenvalue weighted by molar-refractivity contribution is 0.101. The van der Waals surface area contributed by atoms with Crippen molar-refractivity contribution in [3.05, 3.63) is 53.1 Å². The second-order valence-electron chi connectivity index (χ2n) is 4.63. The maximum atomic E-state index is 10.3. The van der Waals surface area contributed by atoms with E-state index in [1.54, 1.807) is 6.20 Å². The molecule has 1 heterocycles. The maximum absolute atomic E-state index is 10.3. The third-order valence-corrected chi connectivity index (χ3v) is 3.55. The maximum Gasteiger partial charge on any atom is 0.135 e. The molecule has 0 aliphatic heterocycles. The van der Waals surface area contributed by atoms with Crippen molar-refractivity contribution in [3.63, 3.8) is 0 Å². The first-order valence-corrected chi connectivity index (χ1v) is 7.03. The van der Waals surface area contributed by atoms with Crippen molar-refractivity contribution in [2.24, 2.45) is 0 Å². The Balaban J connectivity index is 2.10. The molecule has 102 valence electrons. The summed E-state index contributed by atoms with van der Waals surface area (Å²) in [5, 5.41) is 11.0. The minimum atomic E-state index is -0.616. The van der Waals surface area contributed by atoms with Gasteiger partial charge in [-0.15, -0.1) is 0 Å². The number of aliphatic hydroxyl groups is 1. The highest BCUT2D eigenvalue weighted by atomic mass is 35.5.